The summed E-state index contributed by atoms with van der Waals surface area (Å²) in [6, 6.07) is 7.76. The van der Waals surface area contributed by atoms with Crippen molar-refractivity contribution >= 4 is 23.6 Å². The molecule has 0 fully saturated rings. The number of methoxy groups -OCH3 is 3. The van der Waals surface area contributed by atoms with Crippen molar-refractivity contribution in [3.63, 3.8) is 0 Å². The summed E-state index contributed by atoms with van der Waals surface area (Å²) >= 11 is 0. The summed E-state index contributed by atoms with van der Waals surface area (Å²) in [6.07, 6.45) is 1.49. The first-order valence-electron chi connectivity index (χ1n) is 8.46. The number of cyclic esters (lactones) is 1. The lowest BCUT2D eigenvalue weighted by atomic mass is 10.1. The van der Waals surface area contributed by atoms with E-state index >= 15 is 0 Å². The lowest BCUT2D eigenvalue weighted by Gasteiger charge is -2.12. The molecule has 0 spiro atoms. The Kier molecular flexibility index (Phi) is 5.49. The summed E-state index contributed by atoms with van der Waals surface area (Å²) in [7, 11) is 4.48. The zero-order chi connectivity index (χ0) is 21.1. The molecule has 0 amide bonds. The van der Waals surface area contributed by atoms with Gasteiger partial charge >= 0.3 is 5.97 Å². The Balaban J connectivity index is 2.06. The van der Waals surface area contributed by atoms with Gasteiger partial charge in [0.05, 0.1) is 26.3 Å². The van der Waals surface area contributed by atoms with E-state index in [1.807, 2.05) is 0 Å². The van der Waals surface area contributed by atoms with Crippen LogP contribution in [0.25, 0.3) is 6.08 Å². The van der Waals surface area contributed by atoms with Crippen LogP contribution in [0.5, 0.6) is 17.2 Å². The summed E-state index contributed by atoms with van der Waals surface area (Å²) in [5.74, 6) is 0.685. The third kappa shape index (κ3) is 3.75. The number of aliphatic imine (C=N–C) groups is 1. The summed E-state index contributed by atoms with van der Waals surface area (Å²) in [5.41, 5.74) is 1.19. The van der Waals surface area contributed by atoms with E-state index in [9.17, 15) is 14.9 Å². The van der Waals surface area contributed by atoms with Gasteiger partial charge in [-0.1, -0.05) is 6.07 Å². The average Bonchev–Trinajstić information content (AvgIpc) is 3.07. The third-order valence-electron chi connectivity index (χ3n) is 4.38. The SMILES string of the molecule is COc1cc(OC)c(OC)cc1C=C1N=C(c2cccc([N+](=O)[O-])c2C)OC1=O. The molecule has 0 aromatic heterocycles. The predicted octanol–water partition coefficient (Wildman–Crippen LogP) is 3.27. The van der Waals surface area contributed by atoms with Crippen LogP contribution in [0.3, 0.4) is 0 Å². The van der Waals surface area contributed by atoms with Crippen molar-refractivity contribution in [2.24, 2.45) is 4.99 Å². The number of benzene rings is 2. The molecule has 0 N–H and O–H groups in total. The van der Waals surface area contributed by atoms with Crippen LogP contribution in [0.15, 0.2) is 41.0 Å². The number of esters is 1. The largest absolute Gasteiger partial charge is 0.496 e. The van der Waals surface area contributed by atoms with Gasteiger partial charge in [0.2, 0.25) is 5.90 Å². The van der Waals surface area contributed by atoms with Crippen molar-refractivity contribution < 1.29 is 28.7 Å². The molecular weight excluding hydrogens is 380 g/mol. The van der Waals surface area contributed by atoms with Crippen LogP contribution in [0, 0.1) is 17.0 Å². The maximum absolute atomic E-state index is 12.3. The molecule has 0 saturated heterocycles. The zero-order valence-electron chi connectivity index (χ0n) is 16.2. The molecule has 2 aromatic carbocycles. The van der Waals surface area contributed by atoms with Crippen LogP contribution in [0.2, 0.25) is 0 Å². The normalized spacial score (nSPS) is 14.4. The Morgan fingerprint density at radius 1 is 1.07 bits per heavy atom. The fourth-order valence-electron chi connectivity index (χ4n) is 2.89. The maximum atomic E-state index is 12.3. The van der Waals surface area contributed by atoms with E-state index in [1.165, 1.54) is 39.5 Å². The Morgan fingerprint density at radius 2 is 1.72 bits per heavy atom. The van der Waals surface area contributed by atoms with Crippen molar-refractivity contribution in [1.29, 1.82) is 0 Å². The lowest BCUT2D eigenvalue weighted by Crippen LogP contribution is -2.08. The fourth-order valence-corrected chi connectivity index (χ4v) is 2.89. The van der Waals surface area contributed by atoms with Gasteiger partial charge in [0.1, 0.15) is 5.75 Å². The van der Waals surface area contributed by atoms with Gasteiger partial charge in [0, 0.05) is 28.8 Å². The Morgan fingerprint density at radius 3 is 2.34 bits per heavy atom. The molecule has 1 aliphatic rings. The van der Waals surface area contributed by atoms with Crippen molar-refractivity contribution in [3.05, 3.63) is 62.8 Å². The van der Waals surface area contributed by atoms with Crippen LogP contribution in [-0.4, -0.2) is 38.1 Å². The fraction of sp³-hybridized carbons (Fsp3) is 0.200. The first-order valence-corrected chi connectivity index (χ1v) is 8.46. The minimum atomic E-state index is -0.678. The Labute approximate surface area is 166 Å². The molecule has 0 radical (unpaired) electrons. The van der Waals surface area contributed by atoms with Crippen molar-refractivity contribution in [1.82, 2.24) is 0 Å². The van der Waals surface area contributed by atoms with Gasteiger partial charge in [-0.2, -0.15) is 0 Å². The summed E-state index contributed by atoms with van der Waals surface area (Å²) in [6.45, 7) is 1.57. The molecular formula is C20H18N2O7. The van der Waals surface area contributed by atoms with E-state index < -0.39 is 10.9 Å². The highest BCUT2D eigenvalue weighted by atomic mass is 16.6. The highest BCUT2D eigenvalue weighted by molar-refractivity contribution is 6.13. The topological polar surface area (TPSA) is 109 Å². The third-order valence-corrected chi connectivity index (χ3v) is 4.38. The van der Waals surface area contributed by atoms with Crippen molar-refractivity contribution in [3.8, 4) is 17.2 Å². The number of ether oxygens (including phenoxy) is 4. The number of hydrogen-bond acceptors (Lipinski definition) is 8. The zero-order valence-corrected chi connectivity index (χ0v) is 16.2. The second kappa shape index (κ2) is 8.01. The van der Waals surface area contributed by atoms with Gasteiger partial charge in [-0.25, -0.2) is 9.79 Å². The number of rotatable bonds is 6. The molecule has 0 aliphatic carbocycles. The molecule has 0 atom stereocenters. The second-order valence-electron chi connectivity index (χ2n) is 5.99. The number of hydrogen-bond donors (Lipinski definition) is 0. The molecule has 3 rings (SSSR count). The van der Waals surface area contributed by atoms with Crippen LogP contribution >= 0.6 is 0 Å². The minimum absolute atomic E-state index is 0.00175. The molecule has 150 valence electrons. The van der Waals surface area contributed by atoms with Crippen LogP contribution in [-0.2, 0) is 9.53 Å². The lowest BCUT2D eigenvalue weighted by molar-refractivity contribution is -0.385. The van der Waals surface area contributed by atoms with Gasteiger partial charge < -0.3 is 18.9 Å². The smallest absolute Gasteiger partial charge is 0.363 e. The summed E-state index contributed by atoms with van der Waals surface area (Å²) in [5, 5.41) is 11.2. The summed E-state index contributed by atoms with van der Waals surface area (Å²) in [4.78, 5) is 27.2. The van der Waals surface area contributed by atoms with E-state index in [0.29, 0.717) is 33.9 Å². The first-order chi connectivity index (χ1) is 13.9. The molecule has 2 aromatic rings. The highest BCUT2D eigenvalue weighted by Crippen LogP contribution is 2.36. The number of carbonyl (C=O) groups excluding carboxylic acids is 1. The van der Waals surface area contributed by atoms with Crippen molar-refractivity contribution in [2.45, 2.75) is 6.92 Å². The summed E-state index contributed by atoms with van der Waals surface area (Å²) < 4.78 is 21.1. The van der Waals surface area contributed by atoms with E-state index in [4.69, 9.17) is 18.9 Å². The highest BCUT2D eigenvalue weighted by Gasteiger charge is 2.28. The molecule has 1 aliphatic heterocycles. The van der Waals surface area contributed by atoms with E-state index in [-0.39, 0.29) is 17.3 Å². The van der Waals surface area contributed by atoms with Crippen LogP contribution < -0.4 is 14.2 Å². The van der Waals surface area contributed by atoms with E-state index in [0.717, 1.165) is 0 Å². The average molecular weight is 398 g/mol. The molecule has 9 nitrogen and oxygen atoms in total. The first kappa shape index (κ1) is 19.9. The molecule has 1 heterocycles. The van der Waals surface area contributed by atoms with Gasteiger partial charge in [-0.3, -0.25) is 10.1 Å². The van der Waals surface area contributed by atoms with Gasteiger partial charge in [-0.15, -0.1) is 0 Å². The Bertz CT molecular complexity index is 1060. The van der Waals surface area contributed by atoms with Gasteiger partial charge in [-0.05, 0) is 25.1 Å². The second-order valence-corrected chi connectivity index (χ2v) is 5.99. The number of carbonyl (C=O) groups is 1. The number of nitrogens with zero attached hydrogens (tertiary/aromatic N) is 2. The monoisotopic (exact) mass is 398 g/mol. The predicted molar refractivity (Wildman–Crippen MR) is 105 cm³/mol. The standard InChI is InChI=1S/C20H18N2O7/c1-11-13(6-5-7-15(11)22(24)25)19-21-14(20(23)29-19)8-12-9-17(27-3)18(28-4)10-16(12)26-2/h5-10H,1-4H3. The van der Waals surface area contributed by atoms with E-state index in [1.54, 1.807) is 25.1 Å². The maximum Gasteiger partial charge on any atom is 0.363 e. The number of nitro benzene ring substituents is 1. The number of nitro groups is 1. The molecule has 29 heavy (non-hydrogen) atoms. The quantitative estimate of drug-likeness (QED) is 0.318. The van der Waals surface area contributed by atoms with E-state index in [2.05, 4.69) is 4.99 Å². The molecule has 9 heteroatoms. The van der Waals surface area contributed by atoms with Gasteiger partial charge in [0.15, 0.2) is 17.2 Å². The molecule has 0 bridgehead atoms. The van der Waals surface area contributed by atoms with Gasteiger partial charge in [0.25, 0.3) is 5.69 Å². The Hall–Kier alpha value is -3.88. The van der Waals surface area contributed by atoms with Crippen LogP contribution in [0.1, 0.15) is 16.7 Å². The molecule has 0 saturated carbocycles. The van der Waals surface area contributed by atoms with Crippen LogP contribution in [0.4, 0.5) is 5.69 Å². The minimum Gasteiger partial charge on any atom is -0.496 e. The molecule has 0 unspecified atom stereocenters. The van der Waals surface area contributed by atoms with Crippen molar-refractivity contribution in [2.75, 3.05) is 21.3 Å².